The fourth-order valence-electron chi connectivity index (χ4n) is 2.62. The largest absolute Gasteiger partial charge is 0.381 e. The van der Waals surface area contributed by atoms with E-state index in [-0.39, 0.29) is 12.1 Å². The van der Waals surface area contributed by atoms with Crippen LogP contribution < -0.4 is 5.73 Å². The molecule has 3 N–H and O–H groups in total. The molecule has 19 heavy (non-hydrogen) atoms. The van der Waals surface area contributed by atoms with E-state index in [1.165, 1.54) is 0 Å². The quantitative estimate of drug-likeness (QED) is 0.868. The minimum Gasteiger partial charge on any atom is -0.381 e. The molecule has 6 heteroatoms. The molecule has 0 aromatic carbocycles. The number of hydrogen-bond donors (Lipinski definition) is 2. The minimum absolute atomic E-state index is 0.0284. The first-order chi connectivity index (χ1) is 9.27. The van der Waals surface area contributed by atoms with E-state index in [0.717, 1.165) is 30.9 Å². The molecule has 1 fully saturated rings. The Balaban J connectivity index is 1.85. The summed E-state index contributed by atoms with van der Waals surface area (Å²) in [5.74, 6) is 0.381. The number of aromatic amines is 1. The average molecular weight is 261 g/mol. The van der Waals surface area contributed by atoms with Crippen molar-refractivity contribution in [1.82, 2.24) is 19.7 Å². The second-order valence-electron chi connectivity index (χ2n) is 5.08. The highest BCUT2D eigenvalue weighted by molar-refractivity contribution is 5.16. The number of ether oxygens (including phenoxy) is 1. The molecule has 3 rings (SSSR count). The number of nitrogens with one attached hydrogen (secondary N) is 1. The molecule has 1 aliphatic rings. The van der Waals surface area contributed by atoms with Crippen LogP contribution in [0.1, 0.15) is 36.7 Å². The van der Waals surface area contributed by atoms with Crippen LogP contribution in [0, 0.1) is 5.92 Å². The van der Waals surface area contributed by atoms with Crippen molar-refractivity contribution < 1.29 is 4.74 Å². The molecule has 3 heterocycles. The standard InChI is InChI=1S/C13H19N5O/c1-9(11-4-16-17-5-11)18-8-15-6-12(18)13(14)10-2-3-19-7-10/h4-6,8-10,13H,2-3,7,14H2,1H3,(H,16,17). The van der Waals surface area contributed by atoms with Crippen molar-refractivity contribution in [3.63, 3.8) is 0 Å². The fraction of sp³-hybridized carbons (Fsp3) is 0.538. The van der Waals surface area contributed by atoms with E-state index in [1.807, 2.05) is 24.9 Å². The summed E-state index contributed by atoms with van der Waals surface area (Å²) in [5.41, 5.74) is 8.55. The van der Waals surface area contributed by atoms with Gasteiger partial charge >= 0.3 is 0 Å². The maximum atomic E-state index is 6.37. The minimum atomic E-state index is -0.0284. The molecule has 1 aliphatic heterocycles. The Morgan fingerprint density at radius 3 is 3.11 bits per heavy atom. The van der Waals surface area contributed by atoms with Gasteiger partial charge in [0.2, 0.25) is 0 Å². The monoisotopic (exact) mass is 261 g/mol. The van der Waals surface area contributed by atoms with Gasteiger partial charge in [-0.2, -0.15) is 5.10 Å². The predicted octanol–water partition coefficient (Wildman–Crippen LogP) is 1.25. The highest BCUT2D eigenvalue weighted by Gasteiger charge is 2.27. The van der Waals surface area contributed by atoms with E-state index in [0.29, 0.717) is 5.92 Å². The van der Waals surface area contributed by atoms with Gasteiger partial charge in [0.1, 0.15) is 0 Å². The number of H-pyrrole nitrogens is 1. The second kappa shape index (κ2) is 5.14. The number of hydrogen-bond acceptors (Lipinski definition) is 4. The summed E-state index contributed by atoms with van der Waals surface area (Å²) >= 11 is 0. The number of aromatic nitrogens is 4. The molecule has 0 bridgehead atoms. The first-order valence-electron chi connectivity index (χ1n) is 6.61. The summed E-state index contributed by atoms with van der Waals surface area (Å²) in [7, 11) is 0. The van der Waals surface area contributed by atoms with Crippen molar-refractivity contribution in [3.8, 4) is 0 Å². The smallest absolute Gasteiger partial charge is 0.0954 e. The summed E-state index contributed by atoms with van der Waals surface area (Å²) in [6.07, 6.45) is 8.45. The summed E-state index contributed by atoms with van der Waals surface area (Å²) in [6.45, 7) is 3.67. The Hall–Kier alpha value is -1.66. The second-order valence-corrected chi connectivity index (χ2v) is 5.08. The lowest BCUT2D eigenvalue weighted by molar-refractivity contribution is 0.180. The fourth-order valence-corrected chi connectivity index (χ4v) is 2.62. The van der Waals surface area contributed by atoms with Gasteiger partial charge in [0.25, 0.3) is 0 Å². The van der Waals surface area contributed by atoms with Crippen LogP contribution in [0.25, 0.3) is 0 Å². The topological polar surface area (TPSA) is 81.8 Å². The van der Waals surface area contributed by atoms with Crippen molar-refractivity contribution in [2.24, 2.45) is 11.7 Å². The third-order valence-electron chi connectivity index (χ3n) is 3.93. The number of nitrogens with two attached hydrogens (primary N) is 1. The van der Waals surface area contributed by atoms with Crippen molar-refractivity contribution in [2.75, 3.05) is 13.2 Å². The molecule has 0 amide bonds. The molecule has 0 radical (unpaired) electrons. The molecule has 3 unspecified atom stereocenters. The first kappa shape index (κ1) is 12.4. The molecular weight excluding hydrogens is 242 g/mol. The molecule has 0 spiro atoms. The molecule has 6 nitrogen and oxygen atoms in total. The normalized spacial score (nSPS) is 22.5. The van der Waals surface area contributed by atoms with Crippen molar-refractivity contribution in [1.29, 1.82) is 0 Å². The van der Waals surface area contributed by atoms with E-state index in [9.17, 15) is 0 Å². The Morgan fingerprint density at radius 2 is 2.42 bits per heavy atom. The maximum Gasteiger partial charge on any atom is 0.0954 e. The van der Waals surface area contributed by atoms with Crippen LogP contribution in [0.15, 0.2) is 24.9 Å². The van der Waals surface area contributed by atoms with Crippen LogP contribution in [-0.2, 0) is 4.74 Å². The van der Waals surface area contributed by atoms with E-state index in [2.05, 4.69) is 26.7 Å². The lowest BCUT2D eigenvalue weighted by Gasteiger charge is -2.22. The van der Waals surface area contributed by atoms with E-state index in [4.69, 9.17) is 10.5 Å². The van der Waals surface area contributed by atoms with Gasteiger partial charge in [0.15, 0.2) is 0 Å². The van der Waals surface area contributed by atoms with Gasteiger partial charge in [-0.3, -0.25) is 5.10 Å². The van der Waals surface area contributed by atoms with Gasteiger partial charge in [-0.25, -0.2) is 4.98 Å². The van der Waals surface area contributed by atoms with Crippen LogP contribution in [-0.4, -0.2) is 33.0 Å². The van der Waals surface area contributed by atoms with Gasteiger partial charge in [-0.15, -0.1) is 0 Å². The molecule has 3 atom stereocenters. The molecule has 2 aromatic heterocycles. The summed E-state index contributed by atoms with van der Waals surface area (Å²) in [5, 5.41) is 6.84. The summed E-state index contributed by atoms with van der Waals surface area (Å²) in [4.78, 5) is 4.26. The van der Waals surface area contributed by atoms with Gasteiger partial charge in [0, 0.05) is 30.5 Å². The van der Waals surface area contributed by atoms with Crippen LogP contribution in [0.2, 0.25) is 0 Å². The van der Waals surface area contributed by atoms with Gasteiger partial charge in [0.05, 0.1) is 36.9 Å². The third kappa shape index (κ3) is 2.29. The Kier molecular flexibility index (Phi) is 3.35. The molecule has 0 aliphatic carbocycles. The summed E-state index contributed by atoms with van der Waals surface area (Å²) in [6, 6.07) is 0.143. The molecular formula is C13H19N5O. The van der Waals surface area contributed by atoms with Crippen LogP contribution in [0.3, 0.4) is 0 Å². The summed E-state index contributed by atoms with van der Waals surface area (Å²) < 4.78 is 7.54. The average Bonchev–Trinajstić information content (AvgIpc) is 3.16. The first-order valence-corrected chi connectivity index (χ1v) is 6.61. The van der Waals surface area contributed by atoms with E-state index < -0.39 is 0 Å². The molecule has 0 saturated carbocycles. The van der Waals surface area contributed by atoms with E-state index >= 15 is 0 Å². The zero-order valence-electron chi connectivity index (χ0n) is 11.0. The molecule has 1 saturated heterocycles. The SMILES string of the molecule is CC(c1cn[nH]c1)n1cncc1C(N)C1CCOC1. The molecule has 2 aromatic rings. The number of rotatable bonds is 4. The Morgan fingerprint density at radius 1 is 1.53 bits per heavy atom. The molecule has 102 valence electrons. The van der Waals surface area contributed by atoms with E-state index in [1.54, 1.807) is 0 Å². The van der Waals surface area contributed by atoms with Crippen molar-refractivity contribution >= 4 is 0 Å². The highest BCUT2D eigenvalue weighted by Crippen LogP contribution is 2.29. The predicted molar refractivity (Wildman–Crippen MR) is 70.5 cm³/mol. The van der Waals surface area contributed by atoms with Gasteiger partial charge < -0.3 is 15.0 Å². The maximum absolute atomic E-state index is 6.37. The highest BCUT2D eigenvalue weighted by atomic mass is 16.5. The zero-order chi connectivity index (χ0) is 13.2. The lowest BCUT2D eigenvalue weighted by atomic mass is 9.97. The van der Waals surface area contributed by atoms with Crippen LogP contribution in [0.4, 0.5) is 0 Å². The third-order valence-corrected chi connectivity index (χ3v) is 3.93. The zero-order valence-corrected chi connectivity index (χ0v) is 11.0. The van der Waals surface area contributed by atoms with Crippen LogP contribution >= 0.6 is 0 Å². The number of nitrogens with zero attached hydrogens (tertiary/aromatic N) is 3. The van der Waals surface area contributed by atoms with Crippen molar-refractivity contribution in [2.45, 2.75) is 25.4 Å². The Labute approximate surface area is 112 Å². The lowest BCUT2D eigenvalue weighted by Crippen LogP contribution is -2.25. The Bertz CT molecular complexity index is 515. The van der Waals surface area contributed by atoms with Crippen molar-refractivity contribution in [3.05, 3.63) is 36.2 Å². The van der Waals surface area contributed by atoms with Crippen LogP contribution in [0.5, 0.6) is 0 Å². The van der Waals surface area contributed by atoms with Gasteiger partial charge in [-0.1, -0.05) is 0 Å². The van der Waals surface area contributed by atoms with Gasteiger partial charge in [-0.05, 0) is 13.3 Å². The number of imidazole rings is 1.